The van der Waals surface area contributed by atoms with Crippen LogP contribution in [0.4, 0.5) is 11.4 Å². The van der Waals surface area contributed by atoms with Crippen LogP contribution in [0.25, 0.3) is 0 Å². The number of anilines is 1. The molecule has 3 aromatic carbocycles. The maximum atomic E-state index is 11.9. The Hall–Kier alpha value is -3.40. The highest BCUT2D eigenvalue weighted by Crippen LogP contribution is 2.27. The number of amidine groups is 1. The summed E-state index contributed by atoms with van der Waals surface area (Å²) in [5, 5.41) is 13.1. The van der Waals surface area contributed by atoms with Crippen molar-refractivity contribution in [1.29, 1.82) is 0 Å². The first-order chi connectivity index (χ1) is 14.9. The zero-order valence-electron chi connectivity index (χ0n) is 19.7. The monoisotopic (exact) mass is 428 g/mol. The van der Waals surface area contributed by atoms with E-state index in [-0.39, 0.29) is 16.4 Å². The fourth-order valence-electron chi connectivity index (χ4n) is 3.39. The molecule has 0 unspecified atom stereocenters. The summed E-state index contributed by atoms with van der Waals surface area (Å²) in [5.41, 5.74) is 4.90. The van der Waals surface area contributed by atoms with Gasteiger partial charge in [-0.2, -0.15) is 0 Å². The van der Waals surface area contributed by atoms with Gasteiger partial charge in [0.2, 0.25) is 0 Å². The van der Waals surface area contributed by atoms with Gasteiger partial charge in [-0.15, -0.1) is 0 Å². The van der Waals surface area contributed by atoms with Gasteiger partial charge < -0.3 is 10.4 Å². The molecule has 2 N–H and O–H groups in total. The largest absolute Gasteiger partial charge is 0.478 e. The topological polar surface area (TPSA) is 61.7 Å². The van der Waals surface area contributed by atoms with Crippen LogP contribution in [0.15, 0.2) is 77.8 Å². The van der Waals surface area contributed by atoms with Crippen molar-refractivity contribution >= 4 is 23.2 Å². The lowest BCUT2D eigenvalue weighted by molar-refractivity contribution is 0.0696. The summed E-state index contributed by atoms with van der Waals surface area (Å²) in [7, 11) is 0. The number of aromatic carboxylic acids is 1. The van der Waals surface area contributed by atoms with E-state index in [4.69, 9.17) is 4.99 Å². The summed E-state index contributed by atoms with van der Waals surface area (Å²) in [6.45, 7) is 13.0. The van der Waals surface area contributed by atoms with Crippen LogP contribution in [0.5, 0.6) is 0 Å². The van der Waals surface area contributed by atoms with Gasteiger partial charge in [0.25, 0.3) is 0 Å². The van der Waals surface area contributed by atoms with Crippen molar-refractivity contribution in [1.82, 2.24) is 0 Å². The van der Waals surface area contributed by atoms with E-state index in [0.29, 0.717) is 11.4 Å². The lowest BCUT2D eigenvalue weighted by Gasteiger charge is -2.20. The van der Waals surface area contributed by atoms with Crippen LogP contribution in [-0.4, -0.2) is 16.9 Å². The Morgan fingerprint density at radius 1 is 0.719 bits per heavy atom. The third-order valence-corrected chi connectivity index (χ3v) is 5.40. The zero-order chi connectivity index (χ0) is 23.5. The van der Waals surface area contributed by atoms with Crippen molar-refractivity contribution < 1.29 is 9.90 Å². The van der Waals surface area contributed by atoms with Gasteiger partial charge in [0.1, 0.15) is 5.84 Å². The lowest BCUT2D eigenvalue weighted by atomic mass is 9.87. The van der Waals surface area contributed by atoms with Gasteiger partial charge >= 0.3 is 5.97 Å². The normalized spacial score (nSPS) is 12.5. The van der Waals surface area contributed by atoms with E-state index in [1.807, 2.05) is 30.3 Å². The zero-order valence-corrected chi connectivity index (χ0v) is 19.7. The van der Waals surface area contributed by atoms with E-state index in [1.165, 1.54) is 11.1 Å². The number of carboxylic acid groups (broad SMARTS) is 1. The second kappa shape index (κ2) is 8.99. The molecule has 0 spiro atoms. The Morgan fingerprint density at radius 2 is 1.19 bits per heavy atom. The highest BCUT2D eigenvalue weighted by atomic mass is 16.4. The number of carboxylic acids is 1. The Bertz CT molecular complexity index is 1110. The number of carbonyl (C=O) groups is 1. The van der Waals surface area contributed by atoms with Crippen molar-refractivity contribution in [3.63, 3.8) is 0 Å². The Kier molecular flexibility index (Phi) is 6.54. The van der Waals surface area contributed by atoms with Gasteiger partial charge in [-0.05, 0) is 52.3 Å². The number of aliphatic imine (C=N–C) groups is 1. The molecular weight excluding hydrogens is 396 g/mol. The molecule has 0 aromatic heterocycles. The van der Waals surface area contributed by atoms with E-state index in [9.17, 15) is 9.90 Å². The van der Waals surface area contributed by atoms with Crippen molar-refractivity contribution in [3.05, 3.63) is 95.1 Å². The predicted molar refractivity (Wildman–Crippen MR) is 134 cm³/mol. The molecule has 0 aliphatic heterocycles. The highest BCUT2D eigenvalue weighted by molar-refractivity contribution is 6.14. The van der Waals surface area contributed by atoms with E-state index in [2.05, 4.69) is 71.1 Å². The molecule has 0 fully saturated rings. The highest BCUT2D eigenvalue weighted by Gasteiger charge is 2.17. The molecule has 0 bridgehead atoms. The Morgan fingerprint density at radius 3 is 1.66 bits per heavy atom. The third kappa shape index (κ3) is 5.64. The Labute approximate surface area is 191 Å². The first kappa shape index (κ1) is 23.3. The maximum absolute atomic E-state index is 11.9. The van der Waals surface area contributed by atoms with Gasteiger partial charge in [0.05, 0.1) is 11.3 Å². The van der Waals surface area contributed by atoms with Gasteiger partial charge in [-0.1, -0.05) is 84.0 Å². The SMILES string of the molecule is CC(C)(C)c1ccc(N=C(Nc2ccc(C(C)(C)C)cc2)c2ccccc2C(=O)O)cc1. The van der Waals surface area contributed by atoms with E-state index in [1.54, 1.807) is 18.2 Å². The Balaban J connectivity index is 2.04. The minimum Gasteiger partial charge on any atom is -0.478 e. The number of hydrogen-bond donors (Lipinski definition) is 2. The molecule has 0 amide bonds. The molecule has 3 aromatic rings. The fourth-order valence-corrected chi connectivity index (χ4v) is 3.39. The molecule has 0 aliphatic carbocycles. The van der Waals surface area contributed by atoms with Crippen molar-refractivity contribution in [3.8, 4) is 0 Å². The molecule has 0 heterocycles. The number of rotatable bonds is 4. The molecule has 3 rings (SSSR count). The summed E-state index contributed by atoms with van der Waals surface area (Å²) < 4.78 is 0. The van der Waals surface area contributed by atoms with E-state index >= 15 is 0 Å². The van der Waals surface area contributed by atoms with E-state index in [0.717, 1.165) is 11.4 Å². The summed E-state index contributed by atoms with van der Waals surface area (Å²) in [6, 6.07) is 23.2. The van der Waals surface area contributed by atoms with Crippen LogP contribution >= 0.6 is 0 Å². The smallest absolute Gasteiger partial charge is 0.336 e. The first-order valence-electron chi connectivity index (χ1n) is 10.8. The van der Waals surface area contributed by atoms with Crippen LogP contribution in [0.1, 0.15) is 68.6 Å². The van der Waals surface area contributed by atoms with Crippen LogP contribution in [0.3, 0.4) is 0 Å². The fraction of sp³-hybridized carbons (Fsp3) is 0.286. The van der Waals surface area contributed by atoms with Gasteiger partial charge in [-0.3, -0.25) is 0 Å². The molecule has 4 nitrogen and oxygen atoms in total. The van der Waals surface area contributed by atoms with Gasteiger partial charge in [0, 0.05) is 11.3 Å². The van der Waals surface area contributed by atoms with Crippen LogP contribution < -0.4 is 5.32 Å². The van der Waals surface area contributed by atoms with Gasteiger partial charge in [0.15, 0.2) is 0 Å². The minimum absolute atomic E-state index is 0.0496. The summed E-state index contributed by atoms with van der Waals surface area (Å²) >= 11 is 0. The standard InChI is InChI=1S/C28H32N2O2/c1-27(2,3)19-11-15-21(16-12-19)29-25(23-9-7-8-10-24(23)26(31)32)30-22-17-13-20(14-18-22)28(4,5)6/h7-18H,1-6H3,(H,29,30)(H,31,32). The van der Waals surface area contributed by atoms with Crippen LogP contribution in [0, 0.1) is 0 Å². The first-order valence-corrected chi connectivity index (χ1v) is 10.8. The third-order valence-electron chi connectivity index (χ3n) is 5.40. The molecule has 0 atom stereocenters. The second-order valence-corrected chi connectivity index (χ2v) is 10.1. The molecule has 0 aliphatic rings. The lowest BCUT2D eigenvalue weighted by Crippen LogP contribution is -2.18. The molecule has 0 radical (unpaired) electrons. The second-order valence-electron chi connectivity index (χ2n) is 10.1. The summed E-state index contributed by atoms with van der Waals surface area (Å²) in [5.74, 6) is -0.490. The number of hydrogen-bond acceptors (Lipinski definition) is 2. The van der Waals surface area contributed by atoms with E-state index < -0.39 is 5.97 Å². The molecule has 0 saturated heterocycles. The minimum atomic E-state index is -0.985. The van der Waals surface area contributed by atoms with Gasteiger partial charge in [-0.25, -0.2) is 9.79 Å². The average molecular weight is 429 g/mol. The summed E-state index contributed by atoms with van der Waals surface area (Å²) in [4.78, 5) is 16.7. The average Bonchev–Trinajstić information content (AvgIpc) is 2.73. The molecule has 0 saturated carbocycles. The molecular formula is C28H32N2O2. The predicted octanol–water partition coefficient (Wildman–Crippen LogP) is 7.17. The molecule has 32 heavy (non-hydrogen) atoms. The van der Waals surface area contributed by atoms with Crippen molar-refractivity contribution in [2.45, 2.75) is 52.4 Å². The van der Waals surface area contributed by atoms with Crippen LogP contribution in [0.2, 0.25) is 0 Å². The maximum Gasteiger partial charge on any atom is 0.336 e. The number of nitrogens with zero attached hydrogens (tertiary/aromatic N) is 1. The van der Waals surface area contributed by atoms with Crippen molar-refractivity contribution in [2.75, 3.05) is 5.32 Å². The quantitative estimate of drug-likeness (QED) is 0.342. The van der Waals surface area contributed by atoms with Crippen molar-refractivity contribution in [2.24, 2.45) is 4.99 Å². The number of benzene rings is 3. The molecule has 4 heteroatoms. The molecule has 166 valence electrons. The van der Waals surface area contributed by atoms with Crippen LogP contribution in [-0.2, 0) is 10.8 Å². The summed E-state index contributed by atoms with van der Waals surface area (Å²) in [6.07, 6.45) is 0. The number of nitrogens with one attached hydrogen (secondary N) is 1.